The molecule has 1 saturated carbocycles. The predicted octanol–water partition coefficient (Wildman–Crippen LogP) is 2.69. The smallest absolute Gasteiger partial charge is 0.303 e. The number of carboxylic acids is 1. The second-order valence-electron chi connectivity index (χ2n) is 6.48. The van der Waals surface area contributed by atoms with Gasteiger partial charge in [-0.3, -0.25) is 9.59 Å². The van der Waals surface area contributed by atoms with Crippen molar-refractivity contribution in [3.8, 4) is 0 Å². The average Bonchev–Trinajstić information content (AvgIpc) is 2.76. The Morgan fingerprint density at radius 1 is 1.26 bits per heavy atom. The van der Waals surface area contributed by atoms with E-state index in [4.69, 9.17) is 5.11 Å². The van der Waals surface area contributed by atoms with Gasteiger partial charge < -0.3 is 15.3 Å². The fraction of sp³-hybridized carbons (Fsp3) is 0.778. The summed E-state index contributed by atoms with van der Waals surface area (Å²) in [6.45, 7) is 1.95. The molecule has 0 aromatic carbocycles. The molecular formula is C18H30O5. The molecule has 1 aliphatic rings. The van der Waals surface area contributed by atoms with Crippen LogP contribution >= 0.6 is 0 Å². The molecule has 0 spiro atoms. The number of carbonyl (C=O) groups excluding carboxylic acids is 1. The van der Waals surface area contributed by atoms with Gasteiger partial charge in [0.25, 0.3) is 0 Å². The van der Waals surface area contributed by atoms with E-state index in [2.05, 4.69) is 0 Å². The summed E-state index contributed by atoms with van der Waals surface area (Å²) in [5, 5.41) is 28.4. The number of carbonyl (C=O) groups is 2. The zero-order valence-corrected chi connectivity index (χ0v) is 14.0. The van der Waals surface area contributed by atoms with E-state index in [-0.39, 0.29) is 30.5 Å². The summed E-state index contributed by atoms with van der Waals surface area (Å²) in [6, 6.07) is 0. The molecular weight excluding hydrogens is 296 g/mol. The van der Waals surface area contributed by atoms with Gasteiger partial charge in [0.2, 0.25) is 0 Å². The first-order valence-corrected chi connectivity index (χ1v) is 8.74. The summed E-state index contributed by atoms with van der Waals surface area (Å²) in [5.74, 6) is -0.921. The Labute approximate surface area is 138 Å². The van der Waals surface area contributed by atoms with Gasteiger partial charge in [-0.2, -0.15) is 0 Å². The molecule has 5 heteroatoms. The lowest BCUT2D eigenvalue weighted by atomic mass is 9.91. The van der Waals surface area contributed by atoms with Gasteiger partial charge in [-0.05, 0) is 19.3 Å². The van der Waals surface area contributed by atoms with Crippen LogP contribution in [0.15, 0.2) is 12.2 Å². The molecule has 0 radical (unpaired) electrons. The van der Waals surface area contributed by atoms with E-state index < -0.39 is 18.2 Å². The number of aliphatic carboxylic acids is 1. The summed E-state index contributed by atoms with van der Waals surface area (Å²) < 4.78 is 0. The van der Waals surface area contributed by atoms with Gasteiger partial charge in [-0.1, -0.05) is 44.8 Å². The molecule has 0 heterocycles. The van der Waals surface area contributed by atoms with E-state index >= 15 is 0 Å². The third-order valence-electron chi connectivity index (χ3n) is 4.62. The predicted molar refractivity (Wildman–Crippen MR) is 88.0 cm³/mol. The zero-order valence-electron chi connectivity index (χ0n) is 14.0. The third-order valence-corrected chi connectivity index (χ3v) is 4.62. The van der Waals surface area contributed by atoms with Crippen molar-refractivity contribution in [2.75, 3.05) is 0 Å². The Balaban J connectivity index is 2.19. The number of hydrogen-bond donors (Lipinski definition) is 3. The van der Waals surface area contributed by atoms with Gasteiger partial charge in [0, 0.05) is 24.7 Å². The normalized spacial score (nSPS) is 26.0. The lowest BCUT2D eigenvalue weighted by Gasteiger charge is -2.16. The highest BCUT2D eigenvalue weighted by Crippen LogP contribution is 2.32. The number of Topliss-reactive ketones (excluding diaryl/α,β-unsaturated/α-hetero) is 1. The van der Waals surface area contributed by atoms with Crippen LogP contribution in [0.2, 0.25) is 0 Å². The summed E-state index contributed by atoms with van der Waals surface area (Å²) in [7, 11) is 0. The molecule has 4 atom stereocenters. The van der Waals surface area contributed by atoms with Gasteiger partial charge in [0.05, 0.1) is 12.2 Å². The minimum atomic E-state index is -0.747. The molecule has 132 valence electrons. The van der Waals surface area contributed by atoms with Gasteiger partial charge in [0.15, 0.2) is 0 Å². The SMILES string of the molecule is CC[C@@H]1C(=O)C[C@H](O)[C@@H]1/C=C/[C@@H](O)CCCCCCCC(=O)O. The van der Waals surface area contributed by atoms with Crippen LogP contribution in [0.5, 0.6) is 0 Å². The van der Waals surface area contributed by atoms with Crippen LogP contribution in [0.4, 0.5) is 0 Å². The van der Waals surface area contributed by atoms with E-state index in [0.29, 0.717) is 12.8 Å². The lowest BCUT2D eigenvalue weighted by Crippen LogP contribution is -2.18. The minimum absolute atomic E-state index is 0.116. The van der Waals surface area contributed by atoms with Crippen LogP contribution in [0.25, 0.3) is 0 Å². The topological polar surface area (TPSA) is 94.8 Å². The molecule has 3 N–H and O–H groups in total. The summed E-state index contributed by atoms with van der Waals surface area (Å²) in [4.78, 5) is 22.1. The van der Waals surface area contributed by atoms with Crippen LogP contribution in [-0.2, 0) is 9.59 Å². The standard InChI is InChI=1S/C18H30O5/c1-2-14-15(17(21)12-16(14)20)11-10-13(19)8-6-4-3-5-7-9-18(22)23/h10-11,13-15,17,19,21H,2-9,12H2,1H3,(H,22,23)/b11-10+/t13-,14-,15+,17-/m0/s1. The number of unbranched alkanes of at least 4 members (excludes halogenated alkanes) is 4. The largest absolute Gasteiger partial charge is 0.481 e. The van der Waals surface area contributed by atoms with Gasteiger partial charge in [0.1, 0.15) is 5.78 Å². The molecule has 0 aromatic heterocycles. The number of aliphatic hydroxyl groups is 2. The molecule has 0 bridgehead atoms. The second kappa shape index (κ2) is 10.6. The van der Waals surface area contributed by atoms with Crippen molar-refractivity contribution < 1.29 is 24.9 Å². The Morgan fingerprint density at radius 2 is 1.91 bits per heavy atom. The quantitative estimate of drug-likeness (QED) is 0.401. The Bertz CT molecular complexity index is 404. The molecule has 0 amide bonds. The van der Waals surface area contributed by atoms with Crippen molar-refractivity contribution in [3.05, 3.63) is 12.2 Å². The monoisotopic (exact) mass is 326 g/mol. The van der Waals surface area contributed by atoms with Crippen molar-refractivity contribution >= 4 is 11.8 Å². The number of hydrogen-bond acceptors (Lipinski definition) is 4. The van der Waals surface area contributed by atoms with E-state index in [1.165, 1.54) is 0 Å². The first kappa shape index (κ1) is 19.8. The van der Waals surface area contributed by atoms with Crippen molar-refractivity contribution in [2.45, 2.75) is 76.9 Å². The van der Waals surface area contributed by atoms with Crippen LogP contribution in [0.3, 0.4) is 0 Å². The maximum atomic E-state index is 11.7. The first-order valence-electron chi connectivity index (χ1n) is 8.74. The molecule has 0 aliphatic heterocycles. The molecule has 23 heavy (non-hydrogen) atoms. The molecule has 0 saturated heterocycles. The van der Waals surface area contributed by atoms with E-state index in [1.807, 2.05) is 6.92 Å². The van der Waals surface area contributed by atoms with Crippen LogP contribution in [0.1, 0.15) is 64.7 Å². The van der Waals surface area contributed by atoms with Crippen LogP contribution < -0.4 is 0 Å². The minimum Gasteiger partial charge on any atom is -0.481 e. The first-order chi connectivity index (χ1) is 11.0. The maximum absolute atomic E-state index is 11.7. The molecule has 5 nitrogen and oxygen atoms in total. The highest BCUT2D eigenvalue weighted by molar-refractivity contribution is 5.84. The van der Waals surface area contributed by atoms with Crippen molar-refractivity contribution in [1.29, 1.82) is 0 Å². The Kier molecular flexibility index (Phi) is 9.10. The van der Waals surface area contributed by atoms with E-state index in [9.17, 15) is 19.8 Å². The summed E-state index contributed by atoms with van der Waals surface area (Å²) in [6.07, 6.45) is 8.65. The zero-order chi connectivity index (χ0) is 17.2. The summed E-state index contributed by atoms with van der Waals surface area (Å²) >= 11 is 0. The number of carboxylic acid groups (broad SMARTS) is 1. The van der Waals surface area contributed by atoms with Gasteiger partial charge >= 0.3 is 5.97 Å². The second-order valence-corrected chi connectivity index (χ2v) is 6.48. The Hall–Kier alpha value is -1.20. The van der Waals surface area contributed by atoms with Crippen LogP contribution in [-0.4, -0.2) is 39.3 Å². The third kappa shape index (κ3) is 7.27. The highest BCUT2D eigenvalue weighted by Gasteiger charge is 2.38. The lowest BCUT2D eigenvalue weighted by molar-refractivity contribution is -0.137. The molecule has 1 fully saturated rings. The molecule has 0 unspecified atom stereocenters. The Morgan fingerprint density at radius 3 is 2.57 bits per heavy atom. The van der Waals surface area contributed by atoms with Gasteiger partial charge in [-0.25, -0.2) is 0 Å². The molecule has 0 aromatic rings. The highest BCUT2D eigenvalue weighted by atomic mass is 16.4. The van der Waals surface area contributed by atoms with Crippen molar-refractivity contribution in [2.24, 2.45) is 11.8 Å². The van der Waals surface area contributed by atoms with Crippen molar-refractivity contribution in [1.82, 2.24) is 0 Å². The average molecular weight is 326 g/mol. The molecule has 1 rings (SSSR count). The van der Waals surface area contributed by atoms with Crippen molar-refractivity contribution in [3.63, 3.8) is 0 Å². The fourth-order valence-electron chi connectivity index (χ4n) is 3.25. The maximum Gasteiger partial charge on any atom is 0.303 e. The van der Waals surface area contributed by atoms with E-state index in [0.717, 1.165) is 32.1 Å². The van der Waals surface area contributed by atoms with Gasteiger partial charge in [-0.15, -0.1) is 0 Å². The fourth-order valence-corrected chi connectivity index (χ4v) is 3.25. The number of rotatable bonds is 11. The number of ketones is 1. The number of aliphatic hydroxyl groups excluding tert-OH is 2. The van der Waals surface area contributed by atoms with E-state index in [1.54, 1.807) is 12.2 Å². The molecule has 1 aliphatic carbocycles. The van der Waals surface area contributed by atoms with Crippen LogP contribution in [0, 0.1) is 11.8 Å². The summed E-state index contributed by atoms with van der Waals surface area (Å²) in [5.41, 5.74) is 0.